The lowest BCUT2D eigenvalue weighted by Gasteiger charge is -2.10. The zero-order chi connectivity index (χ0) is 21.3. The minimum atomic E-state index is -4.50. The summed E-state index contributed by atoms with van der Waals surface area (Å²) in [5, 5.41) is 4.45. The van der Waals surface area contributed by atoms with Crippen LogP contribution < -0.4 is 9.47 Å². The predicted molar refractivity (Wildman–Crippen MR) is 99.7 cm³/mol. The fourth-order valence-electron chi connectivity index (χ4n) is 2.95. The second-order valence-corrected chi connectivity index (χ2v) is 6.22. The second kappa shape index (κ2) is 7.62. The quantitative estimate of drug-likeness (QED) is 0.445. The molecule has 30 heavy (non-hydrogen) atoms. The van der Waals surface area contributed by atoms with Gasteiger partial charge in [0.05, 0.1) is 23.9 Å². The first-order valence-electron chi connectivity index (χ1n) is 8.70. The van der Waals surface area contributed by atoms with E-state index in [4.69, 9.17) is 9.47 Å². The molecule has 0 unspecified atom stereocenters. The van der Waals surface area contributed by atoms with Crippen LogP contribution in [0.25, 0.3) is 28.0 Å². The third kappa shape index (κ3) is 3.88. The molecule has 0 radical (unpaired) electrons. The van der Waals surface area contributed by atoms with E-state index in [2.05, 4.69) is 15.1 Å². The summed E-state index contributed by atoms with van der Waals surface area (Å²) < 4.78 is 62.7. The summed E-state index contributed by atoms with van der Waals surface area (Å²) in [5.74, 6) is -0.526. The lowest BCUT2D eigenvalue weighted by molar-refractivity contribution is -0.154. The Balaban J connectivity index is 1.94. The first-order chi connectivity index (χ1) is 14.4. The number of methoxy groups -OCH3 is 1. The van der Waals surface area contributed by atoms with Gasteiger partial charge in [0.2, 0.25) is 5.88 Å². The molecular weight excluding hydrogens is 404 g/mol. The van der Waals surface area contributed by atoms with Gasteiger partial charge in [0, 0.05) is 17.8 Å². The Kier molecular flexibility index (Phi) is 4.98. The smallest absolute Gasteiger partial charge is 0.422 e. The maximum absolute atomic E-state index is 13.4. The van der Waals surface area contributed by atoms with Gasteiger partial charge in [-0.25, -0.2) is 9.37 Å². The van der Waals surface area contributed by atoms with Crippen molar-refractivity contribution < 1.29 is 27.0 Å². The molecule has 0 saturated carbocycles. The monoisotopic (exact) mass is 418 g/mol. The topological polar surface area (TPSA) is 61.5 Å². The molecular formula is C20H14F4N4O2. The van der Waals surface area contributed by atoms with Crippen molar-refractivity contribution in [3.8, 4) is 34.4 Å². The molecule has 0 aliphatic rings. The molecule has 3 aromatic heterocycles. The third-order valence-electron chi connectivity index (χ3n) is 4.20. The molecule has 6 nitrogen and oxygen atoms in total. The minimum absolute atomic E-state index is 0.0968. The lowest BCUT2D eigenvalue weighted by atomic mass is 10.0. The van der Waals surface area contributed by atoms with E-state index in [0.29, 0.717) is 28.0 Å². The number of pyridine rings is 1. The van der Waals surface area contributed by atoms with Crippen molar-refractivity contribution in [3.63, 3.8) is 0 Å². The number of hydrogen-bond donors (Lipinski definition) is 0. The molecule has 4 aromatic rings. The van der Waals surface area contributed by atoms with Crippen LogP contribution in [0.5, 0.6) is 11.9 Å². The summed E-state index contributed by atoms with van der Waals surface area (Å²) in [6.07, 6.45) is -3.01. The molecule has 0 amide bonds. The van der Waals surface area contributed by atoms with Gasteiger partial charge in [0.1, 0.15) is 11.5 Å². The molecule has 0 N–H and O–H groups in total. The highest BCUT2D eigenvalue weighted by Crippen LogP contribution is 2.36. The van der Waals surface area contributed by atoms with Crippen LogP contribution in [0, 0.1) is 5.82 Å². The molecule has 10 heteroatoms. The molecule has 0 aliphatic carbocycles. The number of aromatic nitrogens is 4. The Labute approximate surface area is 167 Å². The maximum atomic E-state index is 13.4. The van der Waals surface area contributed by atoms with Crippen LogP contribution >= 0.6 is 0 Å². The number of hydrogen-bond acceptors (Lipinski definition) is 5. The first kappa shape index (κ1) is 19.6. The van der Waals surface area contributed by atoms with Crippen molar-refractivity contribution in [1.29, 1.82) is 0 Å². The van der Waals surface area contributed by atoms with Gasteiger partial charge in [0.25, 0.3) is 0 Å². The van der Waals surface area contributed by atoms with Crippen LogP contribution in [-0.2, 0) is 0 Å². The Morgan fingerprint density at radius 1 is 1.03 bits per heavy atom. The van der Waals surface area contributed by atoms with Gasteiger partial charge < -0.3 is 9.47 Å². The van der Waals surface area contributed by atoms with Gasteiger partial charge in [-0.3, -0.25) is 0 Å². The first-order valence-corrected chi connectivity index (χ1v) is 8.70. The van der Waals surface area contributed by atoms with Crippen LogP contribution in [0.3, 0.4) is 0 Å². The molecule has 0 aliphatic heterocycles. The van der Waals surface area contributed by atoms with E-state index in [0.717, 1.165) is 0 Å². The van der Waals surface area contributed by atoms with E-state index in [1.54, 1.807) is 18.2 Å². The second-order valence-electron chi connectivity index (χ2n) is 6.22. The zero-order valence-electron chi connectivity index (χ0n) is 15.5. The number of alkyl halides is 3. The van der Waals surface area contributed by atoms with E-state index in [-0.39, 0.29) is 11.9 Å². The summed E-state index contributed by atoms with van der Waals surface area (Å²) in [7, 11) is 1.42. The number of rotatable bonds is 5. The highest BCUT2D eigenvalue weighted by atomic mass is 19.4. The van der Waals surface area contributed by atoms with Crippen molar-refractivity contribution in [2.75, 3.05) is 13.7 Å². The third-order valence-corrected chi connectivity index (χ3v) is 4.20. The fraction of sp³-hybridized carbons (Fsp3) is 0.150. The van der Waals surface area contributed by atoms with Crippen LogP contribution in [0.2, 0.25) is 0 Å². The summed E-state index contributed by atoms with van der Waals surface area (Å²) >= 11 is 0. The standard InChI is InChI=1S/C20H14F4N4O2/c1-29-19-25-10-9-14(26-19)17-15-3-2-4-16(30-11-20(22,23)24)28(15)27-18(17)12-5-7-13(21)8-6-12/h2-10H,11H2,1H3. The van der Waals surface area contributed by atoms with Crippen LogP contribution in [0.4, 0.5) is 17.6 Å². The minimum Gasteiger partial charge on any atom is -0.468 e. The molecule has 1 aromatic carbocycles. The van der Waals surface area contributed by atoms with Crippen LogP contribution in [0.1, 0.15) is 0 Å². The molecule has 0 bridgehead atoms. The zero-order valence-corrected chi connectivity index (χ0v) is 15.5. The average Bonchev–Trinajstić information content (AvgIpc) is 3.12. The molecule has 4 rings (SSSR count). The van der Waals surface area contributed by atoms with Crippen molar-refractivity contribution in [2.24, 2.45) is 0 Å². The number of nitrogens with zero attached hydrogens (tertiary/aromatic N) is 4. The van der Waals surface area contributed by atoms with Crippen LogP contribution in [0.15, 0.2) is 54.7 Å². The largest absolute Gasteiger partial charge is 0.468 e. The molecule has 0 atom stereocenters. The maximum Gasteiger partial charge on any atom is 0.422 e. The van der Waals surface area contributed by atoms with Gasteiger partial charge >= 0.3 is 12.2 Å². The van der Waals surface area contributed by atoms with Gasteiger partial charge in [-0.1, -0.05) is 6.07 Å². The van der Waals surface area contributed by atoms with E-state index in [1.165, 1.54) is 48.2 Å². The van der Waals surface area contributed by atoms with E-state index in [1.807, 2.05) is 0 Å². The van der Waals surface area contributed by atoms with Crippen molar-refractivity contribution in [3.05, 3.63) is 60.5 Å². The van der Waals surface area contributed by atoms with Crippen molar-refractivity contribution in [1.82, 2.24) is 19.6 Å². The predicted octanol–water partition coefficient (Wildman–Crippen LogP) is 4.55. The molecule has 0 spiro atoms. The molecule has 3 heterocycles. The van der Waals surface area contributed by atoms with Gasteiger partial charge in [0.15, 0.2) is 6.61 Å². The molecule has 0 saturated heterocycles. The number of benzene rings is 1. The highest BCUT2D eigenvalue weighted by molar-refractivity contribution is 5.91. The summed E-state index contributed by atoms with van der Waals surface area (Å²) in [5.41, 5.74) is 2.34. The SMILES string of the molecule is COc1nccc(-c2c(-c3ccc(F)cc3)nn3c(OCC(F)(F)F)cccc23)n1. The highest BCUT2D eigenvalue weighted by Gasteiger charge is 2.29. The Hall–Kier alpha value is -3.69. The van der Waals surface area contributed by atoms with E-state index >= 15 is 0 Å². The summed E-state index contributed by atoms with van der Waals surface area (Å²) in [4.78, 5) is 8.30. The summed E-state index contributed by atoms with van der Waals surface area (Å²) in [6, 6.07) is 11.9. The van der Waals surface area contributed by atoms with Crippen LogP contribution in [-0.4, -0.2) is 39.5 Å². The van der Waals surface area contributed by atoms with E-state index in [9.17, 15) is 17.6 Å². The number of fused-ring (bicyclic) bond motifs is 1. The average molecular weight is 418 g/mol. The summed E-state index contributed by atoms with van der Waals surface area (Å²) in [6.45, 7) is -1.46. The van der Waals surface area contributed by atoms with Crippen molar-refractivity contribution >= 4 is 5.52 Å². The Morgan fingerprint density at radius 2 is 1.80 bits per heavy atom. The number of halogens is 4. The van der Waals surface area contributed by atoms with Gasteiger partial charge in [-0.2, -0.15) is 27.8 Å². The van der Waals surface area contributed by atoms with Crippen molar-refractivity contribution in [2.45, 2.75) is 6.18 Å². The lowest BCUT2D eigenvalue weighted by Crippen LogP contribution is -2.20. The van der Waals surface area contributed by atoms with E-state index < -0.39 is 18.6 Å². The normalized spacial score (nSPS) is 11.6. The molecule has 154 valence electrons. The van der Waals surface area contributed by atoms with Gasteiger partial charge in [-0.05, 0) is 36.4 Å². The Bertz CT molecular complexity index is 1190. The number of ether oxygens (including phenoxy) is 2. The fourth-order valence-corrected chi connectivity index (χ4v) is 2.95. The molecule has 0 fully saturated rings. The Morgan fingerprint density at radius 3 is 2.50 bits per heavy atom. The van der Waals surface area contributed by atoms with Gasteiger partial charge in [-0.15, -0.1) is 0 Å².